The van der Waals surface area contributed by atoms with E-state index in [2.05, 4.69) is 15.5 Å². The van der Waals surface area contributed by atoms with E-state index in [-0.39, 0.29) is 17.1 Å². The maximum atomic E-state index is 13.7. The summed E-state index contributed by atoms with van der Waals surface area (Å²) in [7, 11) is 0. The smallest absolute Gasteiger partial charge is 0.416 e. The maximum Gasteiger partial charge on any atom is 0.416 e. The second-order valence-electron chi connectivity index (χ2n) is 6.68. The standard InChI is InChI=1S/C22H13F4N3O2/c23-15-9-14(22(24,25)26)10-16(11-15)27-20-18-4-2-1-3-17(18)19(28-29-20)12-5-7-13(8-6-12)21(30)31/h1-11H,(H,27,29)(H,30,31). The minimum atomic E-state index is -4.70. The first kappa shape index (κ1) is 20.3. The first-order valence-corrected chi connectivity index (χ1v) is 8.96. The van der Waals surface area contributed by atoms with Crippen molar-refractivity contribution in [1.29, 1.82) is 0 Å². The average Bonchev–Trinajstić information content (AvgIpc) is 2.73. The molecule has 0 saturated carbocycles. The highest BCUT2D eigenvalue weighted by atomic mass is 19.4. The highest BCUT2D eigenvalue weighted by Crippen LogP contribution is 2.34. The van der Waals surface area contributed by atoms with Crippen LogP contribution in [0.3, 0.4) is 0 Å². The number of halogens is 4. The van der Waals surface area contributed by atoms with Crippen molar-refractivity contribution in [2.45, 2.75) is 6.18 Å². The van der Waals surface area contributed by atoms with Crippen LogP contribution >= 0.6 is 0 Å². The molecule has 31 heavy (non-hydrogen) atoms. The van der Waals surface area contributed by atoms with Gasteiger partial charge in [0.25, 0.3) is 0 Å². The molecule has 0 bridgehead atoms. The lowest BCUT2D eigenvalue weighted by Gasteiger charge is -2.13. The van der Waals surface area contributed by atoms with Gasteiger partial charge in [0.1, 0.15) is 11.5 Å². The van der Waals surface area contributed by atoms with Crippen molar-refractivity contribution >= 4 is 28.2 Å². The topological polar surface area (TPSA) is 75.1 Å². The summed E-state index contributed by atoms with van der Waals surface area (Å²) in [6.07, 6.45) is -4.70. The molecule has 0 aliphatic heterocycles. The van der Waals surface area contributed by atoms with Crippen molar-refractivity contribution in [2.24, 2.45) is 0 Å². The normalized spacial score (nSPS) is 11.5. The first-order chi connectivity index (χ1) is 14.7. The largest absolute Gasteiger partial charge is 0.478 e. The van der Waals surface area contributed by atoms with Crippen molar-refractivity contribution in [3.8, 4) is 11.3 Å². The minimum Gasteiger partial charge on any atom is -0.478 e. The fourth-order valence-corrected chi connectivity index (χ4v) is 3.14. The molecule has 0 aliphatic rings. The SMILES string of the molecule is O=C(O)c1ccc(-c2nnc(Nc3cc(F)cc(C(F)(F)F)c3)c3ccccc23)cc1. The van der Waals surface area contributed by atoms with E-state index in [4.69, 9.17) is 5.11 Å². The van der Waals surface area contributed by atoms with Crippen molar-refractivity contribution in [1.82, 2.24) is 10.2 Å². The number of hydrogen-bond donors (Lipinski definition) is 2. The Bertz CT molecular complexity index is 1290. The molecule has 1 aromatic heterocycles. The Balaban J connectivity index is 1.77. The summed E-state index contributed by atoms with van der Waals surface area (Å²) in [6, 6.07) is 15.1. The van der Waals surface area contributed by atoms with Gasteiger partial charge in [-0.2, -0.15) is 13.2 Å². The van der Waals surface area contributed by atoms with E-state index < -0.39 is 23.5 Å². The number of anilines is 2. The van der Waals surface area contributed by atoms with E-state index in [1.807, 2.05) is 0 Å². The van der Waals surface area contributed by atoms with E-state index in [1.165, 1.54) is 12.1 Å². The Morgan fingerprint density at radius 2 is 1.58 bits per heavy atom. The summed E-state index contributed by atoms with van der Waals surface area (Å²) in [5.74, 6) is -1.94. The van der Waals surface area contributed by atoms with E-state index >= 15 is 0 Å². The molecule has 156 valence electrons. The molecule has 0 amide bonds. The van der Waals surface area contributed by atoms with Crippen LogP contribution < -0.4 is 5.32 Å². The van der Waals surface area contributed by atoms with Gasteiger partial charge in [0.05, 0.1) is 11.1 Å². The highest BCUT2D eigenvalue weighted by molar-refractivity contribution is 6.01. The van der Waals surface area contributed by atoms with Crippen molar-refractivity contribution in [3.05, 3.63) is 83.7 Å². The van der Waals surface area contributed by atoms with Gasteiger partial charge in [-0.3, -0.25) is 0 Å². The Morgan fingerprint density at radius 3 is 2.23 bits per heavy atom. The second kappa shape index (κ2) is 7.67. The van der Waals surface area contributed by atoms with Crippen molar-refractivity contribution in [3.63, 3.8) is 0 Å². The summed E-state index contributed by atoms with van der Waals surface area (Å²) < 4.78 is 52.7. The quantitative estimate of drug-likeness (QED) is 0.397. The second-order valence-corrected chi connectivity index (χ2v) is 6.68. The number of rotatable bonds is 4. The zero-order valence-electron chi connectivity index (χ0n) is 15.6. The third-order valence-electron chi connectivity index (χ3n) is 4.58. The fourth-order valence-electron chi connectivity index (χ4n) is 3.14. The number of carboxylic acids is 1. The van der Waals surface area contributed by atoms with Gasteiger partial charge in [-0.15, -0.1) is 10.2 Å². The summed E-state index contributed by atoms with van der Waals surface area (Å²) >= 11 is 0. The van der Waals surface area contributed by atoms with E-state index in [0.717, 1.165) is 12.1 Å². The molecule has 0 aliphatic carbocycles. The van der Waals surface area contributed by atoms with Crippen LogP contribution in [0, 0.1) is 5.82 Å². The lowest BCUT2D eigenvalue weighted by molar-refractivity contribution is -0.137. The minimum absolute atomic E-state index is 0.117. The van der Waals surface area contributed by atoms with Crippen LogP contribution in [-0.2, 0) is 6.18 Å². The zero-order chi connectivity index (χ0) is 22.2. The van der Waals surface area contributed by atoms with Gasteiger partial charge in [0.2, 0.25) is 0 Å². The number of carbonyl (C=O) groups is 1. The Labute approximate surface area is 173 Å². The molecule has 5 nitrogen and oxygen atoms in total. The predicted octanol–water partition coefficient (Wildman–Crippen LogP) is 5.90. The summed E-state index contributed by atoms with van der Waals surface area (Å²) in [5, 5.41) is 21.2. The van der Waals surface area contributed by atoms with Crippen LogP contribution in [0.4, 0.5) is 29.1 Å². The number of aromatic nitrogens is 2. The zero-order valence-corrected chi connectivity index (χ0v) is 15.6. The fraction of sp³-hybridized carbons (Fsp3) is 0.0455. The Hall–Kier alpha value is -4.01. The maximum absolute atomic E-state index is 13.7. The van der Waals surface area contributed by atoms with Gasteiger partial charge in [0, 0.05) is 22.0 Å². The monoisotopic (exact) mass is 427 g/mol. The number of benzene rings is 3. The van der Waals surface area contributed by atoms with Gasteiger partial charge < -0.3 is 10.4 Å². The molecule has 3 aromatic carbocycles. The van der Waals surface area contributed by atoms with Crippen LogP contribution in [0.2, 0.25) is 0 Å². The summed E-state index contributed by atoms with van der Waals surface area (Å²) in [5.41, 5.74) is -0.0442. The number of fused-ring (bicyclic) bond motifs is 1. The van der Waals surface area contributed by atoms with E-state index in [0.29, 0.717) is 28.1 Å². The van der Waals surface area contributed by atoms with Gasteiger partial charge in [-0.1, -0.05) is 36.4 Å². The van der Waals surface area contributed by atoms with Gasteiger partial charge in [0.15, 0.2) is 5.82 Å². The number of carboxylic acid groups (broad SMARTS) is 1. The molecule has 0 atom stereocenters. The molecular weight excluding hydrogens is 414 g/mol. The molecule has 9 heteroatoms. The number of hydrogen-bond acceptors (Lipinski definition) is 4. The molecular formula is C22H13F4N3O2. The number of nitrogens with one attached hydrogen (secondary N) is 1. The molecule has 0 fully saturated rings. The van der Waals surface area contributed by atoms with Gasteiger partial charge >= 0.3 is 12.1 Å². The Kier molecular flexibility index (Phi) is 5.02. The molecule has 0 saturated heterocycles. The Morgan fingerprint density at radius 1 is 0.903 bits per heavy atom. The molecule has 0 radical (unpaired) electrons. The molecule has 4 rings (SSSR count). The van der Waals surface area contributed by atoms with E-state index in [1.54, 1.807) is 36.4 Å². The van der Waals surface area contributed by atoms with Crippen LogP contribution in [0.15, 0.2) is 66.7 Å². The van der Waals surface area contributed by atoms with Gasteiger partial charge in [-0.25, -0.2) is 9.18 Å². The lowest BCUT2D eigenvalue weighted by Crippen LogP contribution is -2.07. The van der Waals surface area contributed by atoms with Crippen LogP contribution in [-0.4, -0.2) is 21.3 Å². The first-order valence-electron chi connectivity index (χ1n) is 8.96. The molecule has 4 aromatic rings. The molecule has 1 heterocycles. The highest BCUT2D eigenvalue weighted by Gasteiger charge is 2.31. The predicted molar refractivity (Wildman–Crippen MR) is 107 cm³/mol. The van der Waals surface area contributed by atoms with E-state index in [9.17, 15) is 22.4 Å². The average molecular weight is 427 g/mol. The van der Waals surface area contributed by atoms with Crippen molar-refractivity contribution < 1.29 is 27.5 Å². The van der Waals surface area contributed by atoms with Gasteiger partial charge in [-0.05, 0) is 30.3 Å². The number of alkyl halides is 3. The third kappa shape index (κ3) is 4.16. The van der Waals surface area contributed by atoms with Crippen LogP contribution in [0.1, 0.15) is 15.9 Å². The lowest BCUT2D eigenvalue weighted by atomic mass is 10.0. The molecule has 0 unspecified atom stereocenters. The summed E-state index contributed by atoms with van der Waals surface area (Å²) in [6.45, 7) is 0. The summed E-state index contributed by atoms with van der Waals surface area (Å²) in [4.78, 5) is 11.1. The number of nitrogens with zero attached hydrogens (tertiary/aromatic N) is 2. The van der Waals surface area contributed by atoms with Crippen LogP contribution in [0.5, 0.6) is 0 Å². The van der Waals surface area contributed by atoms with Crippen LogP contribution in [0.25, 0.3) is 22.0 Å². The van der Waals surface area contributed by atoms with Crippen molar-refractivity contribution in [2.75, 3.05) is 5.32 Å². The third-order valence-corrected chi connectivity index (χ3v) is 4.58. The molecule has 0 spiro atoms. The molecule has 2 N–H and O–H groups in total. The number of aromatic carboxylic acids is 1.